The van der Waals surface area contributed by atoms with E-state index in [0.29, 0.717) is 21.1 Å². The molecule has 2 N–H and O–H groups in total. The summed E-state index contributed by atoms with van der Waals surface area (Å²) in [6.07, 6.45) is 4.75. The molecule has 2 aromatic rings. The van der Waals surface area contributed by atoms with E-state index < -0.39 is 5.97 Å². The summed E-state index contributed by atoms with van der Waals surface area (Å²) in [6, 6.07) is 6.06. The molecule has 1 heterocycles. The lowest BCUT2D eigenvalue weighted by atomic mass is 10.1. The molecular weight excluding hydrogens is 376 g/mol. The second-order valence-electron chi connectivity index (χ2n) is 5.94. The first-order valence-electron chi connectivity index (χ1n) is 8.34. The lowest BCUT2D eigenvalue weighted by Crippen LogP contribution is -2.35. The Morgan fingerprint density at radius 1 is 1.40 bits per heavy atom. The number of thiocarbonyl (C=S) groups is 1. The lowest BCUT2D eigenvalue weighted by Gasteiger charge is -2.17. The summed E-state index contributed by atoms with van der Waals surface area (Å²) < 4.78 is 5.68. The number of hydrogen-bond acceptors (Lipinski definition) is 4. The predicted molar refractivity (Wildman–Crippen MR) is 111 cm³/mol. The van der Waals surface area contributed by atoms with Crippen LogP contribution in [-0.4, -0.2) is 24.2 Å². The Hall–Kier alpha value is -1.37. The highest BCUT2D eigenvalue weighted by molar-refractivity contribution is 7.80. The van der Waals surface area contributed by atoms with Crippen molar-refractivity contribution < 1.29 is 9.53 Å². The highest BCUT2D eigenvalue weighted by Gasteiger charge is 2.17. The van der Waals surface area contributed by atoms with Gasteiger partial charge in [0.15, 0.2) is 5.11 Å². The van der Waals surface area contributed by atoms with Crippen molar-refractivity contribution in [2.75, 3.05) is 12.4 Å². The van der Waals surface area contributed by atoms with Gasteiger partial charge < -0.3 is 15.4 Å². The van der Waals surface area contributed by atoms with Gasteiger partial charge in [-0.2, -0.15) is 0 Å². The number of carbonyl (C=O) groups is 1. The van der Waals surface area contributed by atoms with Gasteiger partial charge in [-0.1, -0.05) is 37.8 Å². The quantitative estimate of drug-likeness (QED) is 0.361. The van der Waals surface area contributed by atoms with Crippen molar-refractivity contribution in [3.63, 3.8) is 0 Å². The number of esters is 1. The van der Waals surface area contributed by atoms with Crippen molar-refractivity contribution in [3.8, 4) is 0 Å². The molecule has 0 fully saturated rings. The first-order valence-corrected chi connectivity index (χ1v) is 9.94. The third-order valence-electron chi connectivity index (χ3n) is 3.88. The van der Waals surface area contributed by atoms with Crippen molar-refractivity contribution in [2.24, 2.45) is 0 Å². The molecule has 0 aliphatic carbocycles. The summed E-state index contributed by atoms with van der Waals surface area (Å²) in [4.78, 5) is 12.2. The van der Waals surface area contributed by atoms with E-state index in [1.165, 1.54) is 37.7 Å². The van der Waals surface area contributed by atoms with Crippen LogP contribution in [0.25, 0.3) is 10.1 Å². The van der Waals surface area contributed by atoms with Crippen molar-refractivity contribution >= 4 is 62.0 Å². The zero-order valence-electron chi connectivity index (χ0n) is 14.6. The molecule has 0 aliphatic rings. The molecule has 0 spiro atoms. The van der Waals surface area contributed by atoms with E-state index in [4.69, 9.17) is 28.6 Å². The van der Waals surface area contributed by atoms with Gasteiger partial charge in [-0.15, -0.1) is 11.3 Å². The van der Waals surface area contributed by atoms with E-state index in [0.717, 1.165) is 22.2 Å². The summed E-state index contributed by atoms with van der Waals surface area (Å²) in [5.74, 6) is -0.418. The molecule has 1 aromatic carbocycles. The number of unbranched alkanes of at least 4 members (excludes halogenated alkanes) is 2. The first kappa shape index (κ1) is 19.9. The molecule has 0 saturated heterocycles. The van der Waals surface area contributed by atoms with Gasteiger partial charge in [0.2, 0.25) is 0 Å². The highest BCUT2D eigenvalue weighted by atomic mass is 35.5. The average molecular weight is 399 g/mol. The van der Waals surface area contributed by atoms with Crippen LogP contribution in [0, 0.1) is 0 Å². The van der Waals surface area contributed by atoms with Crippen molar-refractivity contribution in [1.29, 1.82) is 0 Å². The minimum absolute atomic E-state index is 0.331. The molecule has 0 aliphatic heterocycles. The summed E-state index contributed by atoms with van der Waals surface area (Å²) in [5, 5.41) is 8.37. The Kier molecular flexibility index (Phi) is 7.47. The van der Waals surface area contributed by atoms with Gasteiger partial charge in [0.1, 0.15) is 4.88 Å². The largest absolute Gasteiger partial charge is 0.465 e. The highest BCUT2D eigenvalue weighted by Crippen LogP contribution is 2.37. The Bertz CT molecular complexity index is 761. The van der Waals surface area contributed by atoms with Crippen LogP contribution in [0.15, 0.2) is 18.2 Å². The Labute approximate surface area is 162 Å². The van der Waals surface area contributed by atoms with Gasteiger partial charge in [-0.05, 0) is 43.8 Å². The molecule has 0 bridgehead atoms. The van der Waals surface area contributed by atoms with E-state index in [1.54, 1.807) is 0 Å². The summed E-state index contributed by atoms with van der Waals surface area (Å²) in [5.41, 5.74) is 0.861. The fourth-order valence-electron chi connectivity index (χ4n) is 2.53. The monoisotopic (exact) mass is 398 g/mol. The standard InChI is InChI=1S/C18H23ClN2O2S2/c1-4-5-6-7-11(2)20-18(24)21-12-8-9-13-14(10-12)25-16(15(13)19)17(22)23-3/h8-11H,4-7H2,1-3H3,(H2,20,21,24). The Morgan fingerprint density at radius 2 is 2.16 bits per heavy atom. The third-order valence-corrected chi connectivity index (χ3v) is 5.73. The number of hydrogen-bond donors (Lipinski definition) is 2. The molecule has 0 amide bonds. The number of ether oxygens (including phenoxy) is 1. The fraction of sp³-hybridized carbons (Fsp3) is 0.444. The predicted octanol–water partition coefficient (Wildman–Crippen LogP) is 5.60. The number of benzene rings is 1. The number of nitrogens with one attached hydrogen (secondary N) is 2. The normalized spacial score (nSPS) is 12.0. The van der Waals surface area contributed by atoms with Gasteiger partial charge in [0.05, 0.1) is 12.1 Å². The maximum atomic E-state index is 11.8. The summed E-state index contributed by atoms with van der Waals surface area (Å²) >= 11 is 13.0. The van der Waals surface area contributed by atoms with Crippen LogP contribution < -0.4 is 10.6 Å². The van der Waals surface area contributed by atoms with Gasteiger partial charge in [-0.3, -0.25) is 0 Å². The zero-order chi connectivity index (χ0) is 18.4. The van der Waals surface area contributed by atoms with E-state index in [2.05, 4.69) is 24.5 Å². The number of rotatable bonds is 7. The Balaban J connectivity index is 2.04. The number of methoxy groups -OCH3 is 1. The molecule has 0 radical (unpaired) electrons. The molecular formula is C18H23ClN2O2S2. The molecule has 2 rings (SSSR count). The van der Waals surface area contributed by atoms with Crippen LogP contribution in [0.2, 0.25) is 5.02 Å². The number of carbonyl (C=O) groups excluding carboxylic acids is 1. The van der Waals surface area contributed by atoms with Crippen LogP contribution in [0.1, 0.15) is 49.2 Å². The second kappa shape index (κ2) is 9.36. The van der Waals surface area contributed by atoms with Crippen LogP contribution >= 0.6 is 35.2 Å². The molecule has 0 saturated carbocycles. The van der Waals surface area contributed by atoms with E-state index in [1.807, 2.05) is 18.2 Å². The molecule has 136 valence electrons. The zero-order valence-corrected chi connectivity index (χ0v) is 17.0. The van der Waals surface area contributed by atoms with E-state index >= 15 is 0 Å². The average Bonchev–Trinajstić information content (AvgIpc) is 2.90. The van der Waals surface area contributed by atoms with Crippen LogP contribution in [0.3, 0.4) is 0 Å². The number of fused-ring (bicyclic) bond motifs is 1. The summed E-state index contributed by atoms with van der Waals surface area (Å²) in [6.45, 7) is 4.33. The Morgan fingerprint density at radius 3 is 2.84 bits per heavy atom. The van der Waals surface area contributed by atoms with E-state index in [-0.39, 0.29) is 0 Å². The SMILES string of the molecule is CCCCCC(C)NC(=S)Nc1ccc2c(Cl)c(C(=O)OC)sc2c1. The van der Waals surface area contributed by atoms with Gasteiger partial charge >= 0.3 is 5.97 Å². The van der Waals surface area contributed by atoms with Crippen molar-refractivity contribution in [2.45, 2.75) is 45.6 Å². The topological polar surface area (TPSA) is 50.4 Å². The van der Waals surface area contributed by atoms with Crippen LogP contribution in [0.5, 0.6) is 0 Å². The fourth-order valence-corrected chi connectivity index (χ4v) is 4.32. The minimum atomic E-state index is -0.418. The van der Waals surface area contributed by atoms with Crippen molar-refractivity contribution in [1.82, 2.24) is 5.32 Å². The summed E-state index contributed by atoms with van der Waals surface area (Å²) in [7, 11) is 1.35. The second-order valence-corrected chi connectivity index (χ2v) is 7.78. The molecule has 1 atom stereocenters. The number of anilines is 1. The number of thiophene rings is 1. The van der Waals surface area contributed by atoms with Gasteiger partial charge in [-0.25, -0.2) is 4.79 Å². The van der Waals surface area contributed by atoms with Gasteiger partial charge in [0, 0.05) is 21.8 Å². The van der Waals surface area contributed by atoms with E-state index in [9.17, 15) is 4.79 Å². The van der Waals surface area contributed by atoms with Crippen LogP contribution in [-0.2, 0) is 4.74 Å². The lowest BCUT2D eigenvalue weighted by molar-refractivity contribution is 0.0606. The maximum Gasteiger partial charge on any atom is 0.349 e. The third kappa shape index (κ3) is 5.30. The molecule has 1 aromatic heterocycles. The first-order chi connectivity index (χ1) is 12.0. The van der Waals surface area contributed by atoms with Gasteiger partial charge in [0.25, 0.3) is 0 Å². The maximum absolute atomic E-state index is 11.8. The molecule has 7 heteroatoms. The van der Waals surface area contributed by atoms with Crippen molar-refractivity contribution in [3.05, 3.63) is 28.1 Å². The molecule has 4 nitrogen and oxygen atoms in total. The van der Waals surface area contributed by atoms with Crippen LogP contribution in [0.4, 0.5) is 5.69 Å². The molecule has 25 heavy (non-hydrogen) atoms. The number of halogens is 1. The smallest absolute Gasteiger partial charge is 0.349 e. The minimum Gasteiger partial charge on any atom is -0.465 e. The molecule has 1 unspecified atom stereocenters.